The summed E-state index contributed by atoms with van der Waals surface area (Å²) in [5.41, 5.74) is 4.18. The molecule has 2 N–H and O–H groups in total. The van der Waals surface area contributed by atoms with Crippen molar-refractivity contribution in [1.82, 2.24) is 10.3 Å². The molecule has 41 heavy (non-hydrogen) atoms. The van der Waals surface area contributed by atoms with Crippen LogP contribution in [0.4, 0.5) is 0 Å². The van der Waals surface area contributed by atoms with Gasteiger partial charge in [-0.2, -0.15) is 0 Å². The van der Waals surface area contributed by atoms with Crippen molar-refractivity contribution in [2.75, 3.05) is 0 Å². The van der Waals surface area contributed by atoms with Crippen molar-refractivity contribution < 1.29 is 19.5 Å². The van der Waals surface area contributed by atoms with Crippen LogP contribution in [0.25, 0.3) is 32.0 Å². The molecule has 6 rings (SSSR count). The molecule has 0 radical (unpaired) electrons. The van der Waals surface area contributed by atoms with Gasteiger partial charge in [0.25, 0.3) is 5.91 Å². The van der Waals surface area contributed by atoms with Crippen molar-refractivity contribution in [2.24, 2.45) is 0 Å². The SMILES string of the molecule is C[C@H](NC(=O)c1cc(-c2ccccc2)cc2scc(C(=O)c3ccc4ccncc4c3)c12)c1ccc(C(=O)O)cc1. The molecular formula is C34H24N2O4S. The maximum absolute atomic E-state index is 13.9. The molecule has 0 saturated carbocycles. The molecule has 0 bridgehead atoms. The molecular weight excluding hydrogens is 532 g/mol. The first kappa shape index (κ1) is 26.1. The Morgan fingerprint density at radius 1 is 0.805 bits per heavy atom. The number of carboxylic acid groups (broad SMARTS) is 1. The van der Waals surface area contributed by atoms with Crippen LogP contribution in [-0.2, 0) is 0 Å². The highest BCUT2D eigenvalue weighted by atomic mass is 32.1. The summed E-state index contributed by atoms with van der Waals surface area (Å²) in [6.07, 6.45) is 3.44. The first-order chi connectivity index (χ1) is 19.9. The van der Waals surface area contributed by atoms with E-state index in [1.165, 1.54) is 23.5 Å². The van der Waals surface area contributed by atoms with Gasteiger partial charge in [0.15, 0.2) is 5.78 Å². The number of nitrogens with one attached hydrogen (secondary N) is 1. The van der Waals surface area contributed by atoms with E-state index in [-0.39, 0.29) is 17.3 Å². The van der Waals surface area contributed by atoms with Gasteiger partial charge >= 0.3 is 5.97 Å². The molecule has 1 atom stereocenters. The zero-order chi connectivity index (χ0) is 28.5. The third-order valence-corrected chi connectivity index (χ3v) is 8.11. The van der Waals surface area contributed by atoms with Crippen LogP contribution in [0.15, 0.2) is 109 Å². The summed E-state index contributed by atoms with van der Waals surface area (Å²) in [5, 5.41) is 16.5. The Morgan fingerprint density at radius 2 is 1.56 bits per heavy atom. The van der Waals surface area contributed by atoms with Gasteiger partial charge in [0.2, 0.25) is 0 Å². The van der Waals surface area contributed by atoms with Gasteiger partial charge in [0.05, 0.1) is 11.6 Å². The second-order valence-electron chi connectivity index (χ2n) is 9.80. The molecule has 2 aromatic heterocycles. The summed E-state index contributed by atoms with van der Waals surface area (Å²) >= 11 is 1.43. The number of amides is 1. The second-order valence-corrected chi connectivity index (χ2v) is 10.7. The van der Waals surface area contributed by atoms with Crippen molar-refractivity contribution >= 4 is 49.9 Å². The standard InChI is InChI=1S/C34H24N2O4S/c1-20(21-7-10-24(11-8-21)34(39)40)36-33(38)28-16-26(22-5-3-2-4-6-22)17-30-31(28)29(19-41-30)32(37)25-12-9-23-13-14-35-18-27(23)15-25/h2-20H,1H3,(H,36,38)(H,39,40)/t20-/m0/s1. The molecule has 2 heterocycles. The number of carbonyl (C=O) groups excluding carboxylic acids is 2. The highest BCUT2D eigenvalue weighted by Crippen LogP contribution is 2.36. The smallest absolute Gasteiger partial charge is 0.335 e. The van der Waals surface area contributed by atoms with E-state index in [1.807, 2.05) is 73.0 Å². The molecule has 0 fully saturated rings. The van der Waals surface area contributed by atoms with Crippen LogP contribution >= 0.6 is 11.3 Å². The quantitative estimate of drug-likeness (QED) is 0.198. The Hall–Kier alpha value is -5.14. The summed E-state index contributed by atoms with van der Waals surface area (Å²) < 4.78 is 0.834. The fourth-order valence-corrected chi connectivity index (χ4v) is 5.97. The number of benzene rings is 4. The third kappa shape index (κ3) is 5.11. The van der Waals surface area contributed by atoms with Crippen LogP contribution in [0.3, 0.4) is 0 Å². The largest absolute Gasteiger partial charge is 0.478 e. The van der Waals surface area contributed by atoms with Gasteiger partial charge in [0.1, 0.15) is 0 Å². The molecule has 200 valence electrons. The zero-order valence-electron chi connectivity index (χ0n) is 22.0. The molecule has 7 heteroatoms. The predicted octanol–water partition coefficient (Wildman–Crippen LogP) is 7.54. The van der Waals surface area contributed by atoms with Crippen LogP contribution in [0, 0.1) is 0 Å². The number of hydrogen-bond acceptors (Lipinski definition) is 5. The van der Waals surface area contributed by atoms with Gasteiger partial charge in [0, 0.05) is 49.9 Å². The number of aromatic nitrogens is 1. The number of ketones is 1. The number of hydrogen-bond donors (Lipinski definition) is 2. The minimum absolute atomic E-state index is 0.166. The lowest BCUT2D eigenvalue weighted by atomic mass is 9.94. The maximum atomic E-state index is 13.9. The van der Waals surface area contributed by atoms with E-state index in [0.717, 1.165) is 32.2 Å². The Labute approximate surface area is 239 Å². The van der Waals surface area contributed by atoms with Crippen LogP contribution < -0.4 is 5.32 Å². The number of thiophene rings is 1. The number of fused-ring (bicyclic) bond motifs is 2. The van der Waals surface area contributed by atoms with Gasteiger partial charge in [-0.3, -0.25) is 14.6 Å². The number of nitrogens with zero attached hydrogens (tertiary/aromatic N) is 1. The monoisotopic (exact) mass is 556 g/mol. The summed E-state index contributed by atoms with van der Waals surface area (Å²) in [6.45, 7) is 1.84. The van der Waals surface area contributed by atoms with Crippen molar-refractivity contribution in [3.8, 4) is 11.1 Å². The van der Waals surface area contributed by atoms with Crippen LogP contribution in [0.1, 0.15) is 55.2 Å². The maximum Gasteiger partial charge on any atom is 0.335 e. The minimum Gasteiger partial charge on any atom is -0.478 e. The van der Waals surface area contributed by atoms with Crippen molar-refractivity contribution in [3.05, 3.63) is 137 Å². The van der Waals surface area contributed by atoms with Crippen molar-refractivity contribution in [2.45, 2.75) is 13.0 Å². The molecule has 0 saturated heterocycles. The highest BCUT2D eigenvalue weighted by Gasteiger charge is 2.23. The average Bonchev–Trinajstić information content (AvgIpc) is 3.44. The van der Waals surface area contributed by atoms with Gasteiger partial charge in [-0.05, 0) is 65.4 Å². The number of carbonyl (C=O) groups is 3. The summed E-state index contributed by atoms with van der Waals surface area (Å²) in [7, 11) is 0. The van der Waals surface area contributed by atoms with Gasteiger partial charge < -0.3 is 10.4 Å². The van der Waals surface area contributed by atoms with E-state index in [2.05, 4.69) is 10.3 Å². The average molecular weight is 557 g/mol. The normalized spacial score (nSPS) is 11.8. The fraction of sp³-hybridized carbons (Fsp3) is 0.0588. The van der Waals surface area contributed by atoms with E-state index in [9.17, 15) is 19.5 Å². The number of aromatic carboxylic acids is 1. The van der Waals surface area contributed by atoms with E-state index in [1.54, 1.807) is 30.6 Å². The molecule has 0 aliphatic heterocycles. The topological polar surface area (TPSA) is 96.4 Å². The Balaban J connectivity index is 1.42. The Bertz CT molecular complexity index is 1950. The Morgan fingerprint density at radius 3 is 2.32 bits per heavy atom. The van der Waals surface area contributed by atoms with E-state index in [4.69, 9.17) is 0 Å². The molecule has 0 aliphatic carbocycles. The second kappa shape index (κ2) is 10.8. The predicted molar refractivity (Wildman–Crippen MR) is 162 cm³/mol. The van der Waals surface area contributed by atoms with Gasteiger partial charge in [-0.15, -0.1) is 11.3 Å². The molecule has 6 aromatic rings. The lowest BCUT2D eigenvalue weighted by Gasteiger charge is -2.16. The van der Waals surface area contributed by atoms with E-state index < -0.39 is 12.0 Å². The number of carboxylic acids is 1. The van der Waals surface area contributed by atoms with Crippen molar-refractivity contribution in [1.29, 1.82) is 0 Å². The minimum atomic E-state index is -1.01. The van der Waals surface area contributed by atoms with Crippen molar-refractivity contribution in [3.63, 3.8) is 0 Å². The molecule has 4 aromatic carbocycles. The van der Waals surface area contributed by atoms with Gasteiger partial charge in [-0.25, -0.2) is 4.79 Å². The third-order valence-electron chi connectivity index (χ3n) is 7.18. The molecule has 0 aliphatic rings. The van der Waals surface area contributed by atoms with Crippen LogP contribution in [-0.4, -0.2) is 27.8 Å². The summed E-state index contributed by atoms with van der Waals surface area (Å²) in [4.78, 5) is 43.1. The zero-order valence-corrected chi connectivity index (χ0v) is 22.8. The molecule has 0 spiro atoms. The van der Waals surface area contributed by atoms with E-state index >= 15 is 0 Å². The summed E-state index contributed by atoms with van der Waals surface area (Å²) in [5.74, 6) is -1.50. The molecule has 6 nitrogen and oxygen atoms in total. The Kier molecular flexibility index (Phi) is 6.87. The van der Waals surface area contributed by atoms with Gasteiger partial charge in [-0.1, -0.05) is 54.6 Å². The van der Waals surface area contributed by atoms with Crippen LogP contribution in [0.5, 0.6) is 0 Å². The van der Waals surface area contributed by atoms with Crippen LogP contribution in [0.2, 0.25) is 0 Å². The first-order valence-electron chi connectivity index (χ1n) is 13.0. The molecule has 1 amide bonds. The number of rotatable bonds is 7. The molecule has 0 unspecified atom stereocenters. The lowest BCUT2D eigenvalue weighted by molar-refractivity contribution is 0.0696. The van der Waals surface area contributed by atoms with E-state index in [0.29, 0.717) is 22.1 Å². The summed E-state index contributed by atoms with van der Waals surface area (Å²) in [6, 6.07) is 27.1. The first-order valence-corrected chi connectivity index (χ1v) is 13.9. The fourth-order valence-electron chi connectivity index (χ4n) is 4.96. The number of pyridine rings is 1. The lowest BCUT2D eigenvalue weighted by Crippen LogP contribution is -2.27. The highest BCUT2D eigenvalue weighted by molar-refractivity contribution is 7.17.